The van der Waals surface area contributed by atoms with Gasteiger partial charge in [0.15, 0.2) is 0 Å². The smallest absolute Gasteiger partial charge is 0.0444 e. The molecule has 0 nitrogen and oxygen atoms in total. The largest absolute Gasteiger partial charge is 0.779 e. The summed E-state index contributed by atoms with van der Waals surface area (Å²) in [4.78, 5) is 1.00. The number of rotatable bonds is 2. The van der Waals surface area contributed by atoms with Gasteiger partial charge < -0.3 is 37.5 Å². The molecule has 0 aromatic rings. The molecular weight excluding hydrogens is 827 g/mol. The van der Waals surface area contributed by atoms with Gasteiger partial charge in [0.25, 0.3) is 0 Å². The van der Waals surface area contributed by atoms with Gasteiger partial charge in [0.2, 0.25) is 0 Å². The van der Waals surface area contributed by atoms with E-state index in [9.17, 15) is 0 Å². The minimum Gasteiger partial charge on any atom is -0.779 e. The maximum Gasteiger partial charge on any atom is 0.0444 e. The zero-order chi connectivity index (χ0) is 24.3. The first-order chi connectivity index (χ1) is 12.5. The van der Waals surface area contributed by atoms with E-state index in [-0.39, 0.29) is 80.8 Å². The van der Waals surface area contributed by atoms with Crippen LogP contribution < -0.4 is 0 Å². The summed E-state index contributed by atoms with van der Waals surface area (Å²) in [5.74, 6) is 0. The van der Waals surface area contributed by atoms with Gasteiger partial charge in [-0.25, -0.2) is 0 Å². The third-order valence-corrected chi connectivity index (χ3v) is 5.71. The second-order valence-corrected chi connectivity index (χ2v) is 14.6. The van der Waals surface area contributed by atoms with Gasteiger partial charge in [-0.2, -0.15) is 27.7 Å². The first-order valence-electron chi connectivity index (χ1n) is 8.00. The number of hydrogen-bond donors (Lipinski definition) is 0. The van der Waals surface area contributed by atoms with Crippen molar-refractivity contribution in [2.75, 3.05) is 25.0 Å². The predicted molar refractivity (Wildman–Crippen MR) is 172 cm³/mol. The van der Waals surface area contributed by atoms with Crippen molar-refractivity contribution in [3.05, 3.63) is 0 Å². The zero-order valence-corrected chi connectivity index (χ0v) is 34.0. The summed E-state index contributed by atoms with van der Waals surface area (Å²) in [6.45, 7) is 15.7. The molecule has 0 aliphatic carbocycles. The van der Waals surface area contributed by atoms with Crippen molar-refractivity contribution in [1.29, 1.82) is 0 Å². The molecule has 0 aromatic heterocycles. The van der Waals surface area contributed by atoms with Crippen LogP contribution in [0, 0.1) is 80.8 Å². The van der Waals surface area contributed by atoms with Crippen molar-refractivity contribution >= 4 is 139 Å². The van der Waals surface area contributed by atoms with Gasteiger partial charge in [-0.1, -0.05) is 64.3 Å². The summed E-state index contributed by atoms with van der Waals surface area (Å²) >= 11 is 34.1. The Morgan fingerprint density at radius 1 is 0.667 bits per heavy atom. The van der Waals surface area contributed by atoms with Crippen LogP contribution in [0.2, 0.25) is 0 Å². The molecule has 0 amide bonds. The van der Waals surface area contributed by atoms with E-state index < -0.39 is 0 Å². The van der Waals surface area contributed by atoms with E-state index in [1.165, 1.54) is 0 Å². The fraction of sp³-hybridized carbons (Fsp3) is 0.778. The SMILES string of the molecule is CC(=S)[S-].CC(C)=S.CSC(C)=S.CSC(C)=S.CSC(C)C.CSC(C)[S-].[Pm].[Pm]. The maximum absolute atomic E-state index is 4.74. The van der Waals surface area contributed by atoms with Crippen LogP contribution in [0.25, 0.3) is 0 Å². The summed E-state index contributed by atoms with van der Waals surface area (Å²) in [6.07, 6.45) is 8.08. The molecule has 182 valence electrons. The predicted octanol–water partition coefficient (Wildman–Crippen LogP) is 8.67. The van der Waals surface area contributed by atoms with Crippen LogP contribution in [0.15, 0.2) is 0 Å². The van der Waals surface area contributed by atoms with Gasteiger partial charge >= 0.3 is 0 Å². The summed E-state index contributed by atoms with van der Waals surface area (Å²) < 4.78 is 2.98. The van der Waals surface area contributed by atoms with E-state index in [0.29, 0.717) is 8.78 Å². The van der Waals surface area contributed by atoms with Gasteiger partial charge in [0.1, 0.15) is 0 Å². The summed E-state index contributed by atoms with van der Waals surface area (Å²) in [5.41, 5.74) is 0. The zero-order valence-electron chi connectivity index (χ0n) is 20.1. The van der Waals surface area contributed by atoms with Gasteiger partial charge in [-0.3, -0.25) is 0 Å². The molecule has 0 heterocycles. The Labute approximate surface area is 303 Å². The molecule has 0 saturated carbocycles. The summed E-state index contributed by atoms with van der Waals surface area (Å²) in [6, 6.07) is 0. The fourth-order valence-corrected chi connectivity index (χ4v) is 0. The molecule has 0 aromatic carbocycles. The van der Waals surface area contributed by atoms with Crippen LogP contribution in [-0.2, 0) is 25.3 Å². The molecule has 0 aliphatic heterocycles. The Kier molecular flexibility index (Phi) is 94.0. The summed E-state index contributed by atoms with van der Waals surface area (Å²) in [5, 5.41) is 0.801. The second kappa shape index (κ2) is 50.8. The van der Waals surface area contributed by atoms with E-state index in [0.717, 1.165) is 18.5 Å². The standard InChI is InChI=1S/C4H10S.C3H8S2.2C3H6S2.C3H6S.C2H4S2.2Pm/c1-4(2)5-3;3*1-3(4)5-2;1-3(2)4;1-2(3)4;;/h4H,1-3H3;3-4H,1-2H3;2*1-2H3;1-2H3;1H3,(H,3,4);;/p-2. The number of thioether (sulfide) groups is 4. The van der Waals surface area contributed by atoms with Crippen LogP contribution in [0.5, 0.6) is 0 Å². The van der Waals surface area contributed by atoms with Gasteiger partial charge in [-0.15, -0.1) is 28.1 Å². The molecule has 30 heavy (non-hydrogen) atoms. The molecular formula is C18H38Pm2S10-2. The molecule has 1 unspecified atom stereocenters. The molecule has 0 spiro atoms. The second-order valence-electron chi connectivity index (χ2n) is 4.88. The van der Waals surface area contributed by atoms with Crippen LogP contribution in [0.4, 0.5) is 0 Å². The van der Waals surface area contributed by atoms with Crippen LogP contribution in [-0.4, -0.2) is 52.3 Å². The number of hydrogen-bond acceptors (Lipinski definition) is 10. The minimum absolute atomic E-state index is 0. The average molecular weight is 865 g/mol. The Morgan fingerprint density at radius 2 is 0.767 bits per heavy atom. The topological polar surface area (TPSA) is 0 Å². The molecule has 1 atom stereocenters. The van der Waals surface area contributed by atoms with Crippen molar-refractivity contribution < 1.29 is 80.8 Å². The first kappa shape index (κ1) is 55.5. The molecule has 0 bridgehead atoms. The van der Waals surface area contributed by atoms with Crippen LogP contribution in [0.1, 0.15) is 55.4 Å². The van der Waals surface area contributed by atoms with Gasteiger partial charge in [0.05, 0.1) is 0 Å². The molecule has 2 radical (unpaired) electrons. The summed E-state index contributed by atoms with van der Waals surface area (Å²) in [7, 11) is 0. The quantitative estimate of drug-likeness (QED) is 0.195. The molecule has 0 aliphatic rings. The van der Waals surface area contributed by atoms with Crippen molar-refractivity contribution in [3.8, 4) is 0 Å². The Hall–Kier alpha value is 5.01. The van der Waals surface area contributed by atoms with Crippen molar-refractivity contribution in [1.82, 2.24) is 0 Å². The number of thiocarbonyl (C=S) groups is 4. The van der Waals surface area contributed by atoms with Crippen LogP contribution in [0.3, 0.4) is 0 Å². The average Bonchev–Trinajstić information content (AvgIpc) is 2.55. The van der Waals surface area contributed by atoms with E-state index in [1.54, 1.807) is 42.2 Å². The third-order valence-electron chi connectivity index (χ3n) is 1.38. The Morgan fingerprint density at radius 3 is 0.767 bits per heavy atom. The Bertz CT molecular complexity index is 321. The van der Waals surface area contributed by atoms with E-state index >= 15 is 0 Å². The van der Waals surface area contributed by atoms with Crippen LogP contribution >= 0.6 is 95.9 Å². The maximum atomic E-state index is 4.74. The van der Waals surface area contributed by atoms with E-state index in [1.807, 2.05) is 65.1 Å². The molecule has 0 rings (SSSR count). The molecule has 0 saturated heterocycles. The molecule has 0 fully saturated rings. The molecule has 12 heteroatoms. The third kappa shape index (κ3) is 200. The van der Waals surface area contributed by atoms with Crippen molar-refractivity contribution in [3.63, 3.8) is 0 Å². The van der Waals surface area contributed by atoms with Crippen molar-refractivity contribution in [2.24, 2.45) is 0 Å². The minimum atomic E-state index is 0. The fourth-order valence-electron chi connectivity index (χ4n) is 0. The van der Waals surface area contributed by atoms with Gasteiger partial charge in [0, 0.05) is 89.2 Å². The van der Waals surface area contributed by atoms with Crippen molar-refractivity contribution in [2.45, 2.75) is 65.2 Å². The monoisotopic (exact) mass is 864 g/mol. The Balaban J connectivity index is -0.0000000319. The normalized spacial score (nSPS) is 8.33. The van der Waals surface area contributed by atoms with E-state index in [4.69, 9.17) is 12.6 Å². The molecule has 0 N–H and O–H groups in total. The van der Waals surface area contributed by atoms with E-state index in [2.05, 4.69) is 81.6 Å². The first-order valence-corrected chi connectivity index (χ1v) is 15.5. The van der Waals surface area contributed by atoms with Gasteiger partial charge in [-0.05, 0) is 62.8 Å².